The molecule has 0 heterocycles. The van der Waals surface area contributed by atoms with Crippen molar-refractivity contribution >= 4 is 31.3 Å². The Morgan fingerprint density at radius 2 is 1.53 bits per heavy atom. The third-order valence-electron chi connectivity index (χ3n) is 2.48. The minimum Gasteiger partial charge on any atom is -0.293 e. The Labute approximate surface area is 112 Å². The number of benzene rings is 1. The van der Waals surface area contributed by atoms with Crippen LogP contribution in [0.5, 0.6) is 0 Å². The average molecular weight is 305 g/mol. The largest absolute Gasteiger partial charge is 0.293 e. The molecule has 1 N–H and O–H groups in total. The summed E-state index contributed by atoms with van der Waals surface area (Å²) < 4.78 is 46.8. The number of hydrogen-bond donors (Lipinski definition) is 1. The number of sulfone groups is 1. The van der Waals surface area contributed by atoms with Gasteiger partial charge in [-0.2, -0.15) is 0 Å². The first-order chi connectivity index (χ1) is 8.50. The highest BCUT2D eigenvalue weighted by atomic mass is 32.2. The number of anilines is 1. The predicted octanol–water partition coefficient (Wildman–Crippen LogP) is 0.674. The van der Waals surface area contributed by atoms with E-state index in [1.54, 1.807) is 0 Å². The maximum atomic E-state index is 11.9. The molecule has 1 unspecified atom stereocenters. The summed E-state index contributed by atoms with van der Waals surface area (Å²) in [5, 5.41) is -1.12. The van der Waals surface area contributed by atoms with Crippen molar-refractivity contribution in [2.45, 2.75) is 12.2 Å². The van der Waals surface area contributed by atoms with Crippen molar-refractivity contribution in [3.63, 3.8) is 0 Å². The van der Waals surface area contributed by atoms with Gasteiger partial charge in [0.05, 0.1) is 6.26 Å². The monoisotopic (exact) mass is 305 g/mol. The average Bonchev–Trinajstić information content (AvgIpc) is 2.24. The van der Waals surface area contributed by atoms with Gasteiger partial charge >= 0.3 is 0 Å². The van der Waals surface area contributed by atoms with E-state index in [-0.39, 0.29) is 5.56 Å². The van der Waals surface area contributed by atoms with Crippen LogP contribution in [-0.4, -0.2) is 40.4 Å². The van der Waals surface area contributed by atoms with E-state index in [4.69, 9.17) is 0 Å². The van der Waals surface area contributed by atoms with Gasteiger partial charge in [0.15, 0.2) is 15.6 Å². The number of ketones is 1. The molecule has 1 aromatic rings. The van der Waals surface area contributed by atoms with Gasteiger partial charge in [-0.1, -0.05) is 0 Å². The third kappa shape index (κ3) is 4.64. The summed E-state index contributed by atoms with van der Waals surface area (Å²) in [5.41, 5.74) is 0.531. The van der Waals surface area contributed by atoms with Crippen LogP contribution in [0.25, 0.3) is 0 Å². The van der Waals surface area contributed by atoms with Crippen LogP contribution in [0.3, 0.4) is 0 Å². The molecule has 0 aliphatic rings. The van der Waals surface area contributed by atoms with E-state index in [1.807, 2.05) is 0 Å². The quantitative estimate of drug-likeness (QED) is 0.807. The lowest BCUT2D eigenvalue weighted by atomic mass is 10.1. The zero-order valence-electron chi connectivity index (χ0n) is 10.7. The molecule has 0 saturated carbocycles. The van der Waals surface area contributed by atoms with Gasteiger partial charge in [0.2, 0.25) is 10.0 Å². The Hall–Kier alpha value is -1.41. The maximum absolute atomic E-state index is 11.9. The molecule has 1 rings (SSSR count). The zero-order chi connectivity index (χ0) is 14.8. The van der Waals surface area contributed by atoms with Crippen molar-refractivity contribution in [3.05, 3.63) is 29.8 Å². The first-order valence-electron chi connectivity index (χ1n) is 5.31. The summed E-state index contributed by atoms with van der Waals surface area (Å²) in [4.78, 5) is 11.9. The SMILES string of the molecule is CC(C(=O)c1ccc(NS(C)(=O)=O)cc1)S(C)(=O)=O. The zero-order valence-corrected chi connectivity index (χ0v) is 12.4. The lowest BCUT2D eigenvalue weighted by Gasteiger charge is -2.09. The van der Waals surface area contributed by atoms with Crippen LogP contribution in [0, 0.1) is 0 Å². The second-order valence-corrected chi connectivity index (χ2v) is 8.40. The molecule has 6 nitrogen and oxygen atoms in total. The van der Waals surface area contributed by atoms with Gasteiger partial charge in [-0.25, -0.2) is 16.8 Å². The van der Waals surface area contributed by atoms with Gasteiger partial charge in [0, 0.05) is 17.5 Å². The molecule has 1 atom stereocenters. The molecule has 1 aromatic carbocycles. The molecule has 0 saturated heterocycles. The molecule has 0 spiro atoms. The van der Waals surface area contributed by atoms with Crippen molar-refractivity contribution in [1.82, 2.24) is 0 Å². The Bertz CT molecular complexity index is 674. The van der Waals surface area contributed by atoms with E-state index < -0.39 is 30.9 Å². The van der Waals surface area contributed by atoms with E-state index in [9.17, 15) is 21.6 Å². The number of rotatable bonds is 5. The number of carbonyl (C=O) groups excluding carboxylic acids is 1. The number of nitrogens with one attached hydrogen (secondary N) is 1. The van der Waals surface area contributed by atoms with Crippen molar-refractivity contribution in [3.8, 4) is 0 Å². The summed E-state index contributed by atoms with van der Waals surface area (Å²) in [6, 6.07) is 5.58. The molecule has 0 aromatic heterocycles. The third-order valence-corrected chi connectivity index (χ3v) is 4.59. The fourth-order valence-corrected chi connectivity index (χ4v) is 2.43. The fraction of sp³-hybridized carbons (Fsp3) is 0.364. The molecule has 0 aliphatic carbocycles. The molecule has 0 fully saturated rings. The van der Waals surface area contributed by atoms with E-state index in [0.29, 0.717) is 5.69 Å². The number of sulfonamides is 1. The lowest BCUT2D eigenvalue weighted by Crippen LogP contribution is -2.26. The van der Waals surface area contributed by atoms with Gasteiger partial charge < -0.3 is 0 Å². The van der Waals surface area contributed by atoms with Gasteiger partial charge in [-0.3, -0.25) is 9.52 Å². The van der Waals surface area contributed by atoms with E-state index >= 15 is 0 Å². The molecule has 106 valence electrons. The van der Waals surface area contributed by atoms with Crippen molar-refractivity contribution in [2.75, 3.05) is 17.2 Å². The second kappa shape index (κ2) is 5.30. The number of hydrogen-bond acceptors (Lipinski definition) is 5. The summed E-state index contributed by atoms with van der Waals surface area (Å²) in [6.45, 7) is 1.32. The molecular weight excluding hydrogens is 290 g/mol. The summed E-state index contributed by atoms with van der Waals surface area (Å²) >= 11 is 0. The van der Waals surface area contributed by atoms with Crippen LogP contribution in [-0.2, 0) is 19.9 Å². The Morgan fingerprint density at radius 1 is 1.05 bits per heavy atom. The molecule has 8 heteroatoms. The maximum Gasteiger partial charge on any atom is 0.229 e. The lowest BCUT2D eigenvalue weighted by molar-refractivity contribution is 0.0991. The van der Waals surface area contributed by atoms with Crippen LogP contribution in [0.2, 0.25) is 0 Å². The first kappa shape index (κ1) is 15.6. The van der Waals surface area contributed by atoms with Gasteiger partial charge in [0.25, 0.3) is 0 Å². The van der Waals surface area contributed by atoms with Gasteiger partial charge in [-0.15, -0.1) is 0 Å². The van der Waals surface area contributed by atoms with Crippen LogP contribution < -0.4 is 4.72 Å². The van der Waals surface area contributed by atoms with E-state index in [1.165, 1.54) is 31.2 Å². The minimum atomic E-state index is -3.45. The highest BCUT2D eigenvalue weighted by Crippen LogP contribution is 2.14. The molecule has 0 bridgehead atoms. The van der Waals surface area contributed by atoms with Crippen LogP contribution in [0.4, 0.5) is 5.69 Å². The summed E-state index contributed by atoms with van der Waals surface area (Å²) in [5.74, 6) is -0.520. The molecule has 0 amide bonds. The summed E-state index contributed by atoms with van der Waals surface area (Å²) in [6.07, 6.45) is 2.01. The Kier molecular flexibility index (Phi) is 4.36. The molecule has 0 radical (unpaired) electrons. The van der Waals surface area contributed by atoms with Crippen LogP contribution in [0.15, 0.2) is 24.3 Å². The number of carbonyl (C=O) groups is 1. The van der Waals surface area contributed by atoms with Gasteiger partial charge in [-0.05, 0) is 31.2 Å². The van der Waals surface area contributed by atoms with E-state index in [2.05, 4.69) is 4.72 Å². The summed E-state index contributed by atoms with van der Waals surface area (Å²) in [7, 11) is -6.83. The van der Waals surface area contributed by atoms with Crippen molar-refractivity contribution in [1.29, 1.82) is 0 Å². The molecule has 0 aliphatic heterocycles. The predicted molar refractivity (Wildman–Crippen MR) is 73.5 cm³/mol. The Balaban J connectivity index is 2.97. The highest BCUT2D eigenvalue weighted by molar-refractivity contribution is 7.92. The fourth-order valence-electron chi connectivity index (χ4n) is 1.35. The second-order valence-electron chi connectivity index (χ2n) is 4.29. The molecular formula is C11H15NO5S2. The standard InChI is InChI=1S/C11H15NO5S2/c1-8(18(2,14)15)11(13)9-4-6-10(7-5-9)12-19(3,16)17/h4-8,12H,1-3H3. The minimum absolute atomic E-state index is 0.219. The van der Waals surface area contributed by atoms with Crippen molar-refractivity contribution in [2.24, 2.45) is 0 Å². The van der Waals surface area contributed by atoms with Crippen LogP contribution >= 0.6 is 0 Å². The number of Topliss-reactive ketones (excluding diaryl/α,β-unsaturated/α-hetero) is 1. The van der Waals surface area contributed by atoms with Crippen molar-refractivity contribution < 1.29 is 21.6 Å². The normalized spacial score (nSPS) is 13.8. The highest BCUT2D eigenvalue weighted by Gasteiger charge is 2.24. The van der Waals surface area contributed by atoms with Gasteiger partial charge in [0.1, 0.15) is 5.25 Å². The smallest absolute Gasteiger partial charge is 0.229 e. The van der Waals surface area contributed by atoms with E-state index in [0.717, 1.165) is 12.5 Å². The first-order valence-corrected chi connectivity index (χ1v) is 9.16. The topological polar surface area (TPSA) is 97.4 Å². The Morgan fingerprint density at radius 3 is 1.89 bits per heavy atom. The van der Waals surface area contributed by atoms with Crippen LogP contribution in [0.1, 0.15) is 17.3 Å². The molecule has 19 heavy (non-hydrogen) atoms.